The van der Waals surface area contributed by atoms with Crippen molar-refractivity contribution in [1.29, 1.82) is 0 Å². The number of aromatic hydroxyl groups is 1. The number of hydrogen-bond acceptors (Lipinski definition) is 5. The van der Waals surface area contributed by atoms with E-state index in [2.05, 4.69) is 36.8 Å². The molecule has 0 aliphatic rings. The minimum absolute atomic E-state index is 0.147. The quantitative estimate of drug-likeness (QED) is 0.232. The average Bonchev–Trinajstić information content (AvgIpc) is 2.60. The molecule has 0 atom stereocenters. The molecule has 136 valence electrons. The Bertz CT molecular complexity index is 999. The van der Waals surface area contributed by atoms with E-state index in [0.717, 1.165) is 20.8 Å². The molecule has 0 spiro atoms. The Hall–Kier alpha value is -2.79. The third-order valence-corrected chi connectivity index (χ3v) is 4.03. The predicted octanol–water partition coefficient (Wildman–Crippen LogP) is 0.511. The second-order valence-corrected chi connectivity index (χ2v) is 6.21. The molecule has 26 heavy (non-hydrogen) atoms. The van der Waals surface area contributed by atoms with E-state index in [0.29, 0.717) is 18.5 Å². The van der Waals surface area contributed by atoms with Gasteiger partial charge >= 0.3 is 5.69 Å². The third-order valence-electron chi connectivity index (χ3n) is 3.33. The molecule has 0 saturated heterocycles. The number of aryl methyl sites for hydroxylation is 1. The van der Waals surface area contributed by atoms with E-state index in [1.165, 1.54) is 0 Å². The number of rotatable bonds is 5. The highest BCUT2D eigenvalue weighted by molar-refractivity contribution is 9.10. The molecule has 0 aliphatic carbocycles. The van der Waals surface area contributed by atoms with Crippen LogP contribution in [0.4, 0.5) is 0 Å². The smallest absolute Gasteiger partial charge is 0.335 e. The SMILES string of the molecule is CCc1cc(Br)ccc1-n1c(O)c(C=NC(=S)NNC=O)c(=O)[nH]c1=O. The van der Waals surface area contributed by atoms with Gasteiger partial charge in [0.2, 0.25) is 17.4 Å². The van der Waals surface area contributed by atoms with Gasteiger partial charge in [0.1, 0.15) is 5.56 Å². The number of halogens is 1. The van der Waals surface area contributed by atoms with Crippen LogP contribution in [-0.2, 0) is 11.2 Å². The lowest BCUT2D eigenvalue weighted by molar-refractivity contribution is -0.110. The van der Waals surface area contributed by atoms with Gasteiger partial charge in [-0.2, -0.15) is 0 Å². The summed E-state index contributed by atoms with van der Waals surface area (Å²) in [4.78, 5) is 40.3. The summed E-state index contributed by atoms with van der Waals surface area (Å²) in [7, 11) is 0. The van der Waals surface area contributed by atoms with E-state index >= 15 is 0 Å². The van der Waals surface area contributed by atoms with E-state index in [4.69, 9.17) is 12.2 Å². The standard InChI is InChI=1S/C15H14BrN5O4S/c1-2-8-5-9(16)3-4-11(8)21-13(24)10(12(23)19-15(21)25)6-17-14(26)20-18-7-22/h3-7,24H,2H2,1H3,(H,18,22)(H,20,26)(H,19,23,25). The Morgan fingerprint density at radius 1 is 1.46 bits per heavy atom. The highest BCUT2D eigenvalue weighted by Gasteiger charge is 2.16. The van der Waals surface area contributed by atoms with Crippen molar-refractivity contribution in [2.24, 2.45) is 4.99 Å². The number of nitrogens with one attached hydrogen (secondary N) is 3. The van der Waals surface area contributed by atoms with E-state index in [9.17, 15) is 19.5 Å². The first kappa shape index (κ1) is 19.5. The predicted molar refractivity (Wildman–Crippen MR) is 104 cm³/mol. The lowest BCUT2D eigenvalue weighted by Gasteiger charge is -2.13. The molecule has 1 heterocycles. The van der Waals surface area contributed by atoms with Gasteiger partial charge in [0.05, 0.1) is 5.69 Å². The number of aromatic nitrogens is 2. The van der Waals surface area contributed by atoms with E-state index in [-0.39, 0.29) is 10.7 Å². The summed E-state index contributed by atoms with van der Waals surface area (Å²) in [5.74, 6) is -0.578. The van der Waals surface area contributed by atoms with Gasteiger partial charge in [-0.3, -0.25) is 25.4 Å². The van der Waals surface area contributed by atoms with Gasteiger partial charge in [-0.05, 0) is 42.4 Å². The minimum atomic E-state index is -0.825. The van der Waals surface area contributed by atoms with Crippen molar-refractivity contribution in [3.05, 3.63) is 54.6 Å². The van der Waals surface area contributed by atoms with Crippen LogP contribution < -0.4 is 22.1 Å². The van der Waals surface area contributed by atoms with Crippen LogP contribution in [0.3, 0.4) is 0 Å². The van der Waals surface area contributed by atoms with Gasteiger partial charge in [-0.25, -0.2) is 14.4 Å². The number of hydrazine groups is 1. The van der Waals surface area contributed by atoms with Gasteiger partial charge in [-0.1, -0.05) is 22.9 Å². The summed E-state index contributed by atoms with van der Waals surface area (Å²) in [5, 5.41) is 10.3. The second kappa shape index (κ2) is 8.54. The van der Waals surface area contributed by atoms with E-state index in [1.807, 2.05) is 13.0 Å². The summed E-state index contributed by atoms with van der Waals surface area (Å²) >= 11 is 8.17. The van der Waals surface area contributed by atoms with Crippen molar-refractivity contribution in [2.45, 2.75) is 13.3 Å². The van der Waals surface area contributed by atoms with Crippen LogP contribution in [0, 0.1) is 0 Å². The van der Waals surface area contributed by atoms with Crippen molar-refractivity contribution in [1.82, 2.24) is 20.4 Å². The number of carbonyl (C=O) groups excluding carboxylic acids is 1. The molecule has 1 amide bonds. The maximum Gasteiger partial charge on any atom is 0.335 e. The Morgan fingerprint density at radius 2 is 2.19 bits per heavy atom. The molecule has 4 N–H and O–H groups in total. The molecule has 0 aliphatic heterocycles. The van der Waals surface area contributed by atoms with Crippen molar-refractivity contribution in [3.63, 3.8) is 0 Å². The van der Waals surface area contributed by atoms with Crippen LogP contribution in [0.5, 0.6) is 5.88 Å². The molecule has 0 saturated carbocycles. The molecule has 11 heteroatoms. The molecule has 1 aromatic carbocycles. The number of thiocarbonyl (C=S) groups is 1. The van der Waals surface area contributed by atoms with E-state index in [1.54, 1.807) is 12.1 Å². The molecule has 0 fully saturated rings. The summed E-state index contributed by atoms with van der Waals surface area (Å²) in [5.41, 5.74) is 3.69. The van der Waals surface area contributed by atoms with Crippen LogP contribution in [0.25, 0.3) is 5.69 Å². The molecular formula is C15H14BrN5O4S. The van der Waals surface area contributed by atoms with Crippen molar-refractivity contribution >= 4 is 45.9 Å². The zero-order chi connectivity index (χ0) is 19.3. The zero-order valence-electron chi connectivity index (χ0n) is 13.4. The first-order chi connectivity index (χ1) is 12.4. The number of hydrogen-bond donors (Lipinski definition) is 4. The van der Waals surface area contributed by atoms with Crippen LogP contribution in [-0.4, -0.2) is 32.4 Å². The Balaban J connectivity index is 2.59. The number of nitrogens with zero attached hydrogens (tertiary/aromatic N) is 2. The average molecular weight is 440 g/mol. The maximum absolute atomic E-state index is 12.3. The van der Waals surface area contributed by atoms with Crippen LogP contribution >= 0.6 is 28.1 Å². The summed E-state index contributed by atoms with van der Waals surface area (Å²) in [6.45, 7) is 1.89. The fourth-order valence-corrected chi connectivity index (χ4v) is 2.70. The summed E-state index contributed by atoms with van der Waals surface area (Å²) in [6, 6.07) is 5.16. The Labute approximate surface area is 160 Å². The normalized spacial score (nSPS) is 10.7. The van der Waals surface area contributed by atoms with Crippen molar-refractivity contribution in [2.75, 3.05) is 0 Å². The van der Waals surface area contributed by atoms with Gasteiger partial charge in [0.15, 0.2) is 0 Å². The summed E-state index contributed by atoms with van der Waals surface area (Å²) < 4.78 is 1.80. The highest BCUT2D eigenvalue weighted by atomic mass is 79.9. The van der Waals surface area contributed by atoms with Gasteiger partial charge in [0, 0.05) is 10.7 Å². The zero-order valence-corrected chi connectivity index (χ0v) is 15.8. The van der Waals surface area contributed by atoms with E-state index < -0.39 is 17.1 Å². The van der Waals surface area contributed by atoms with Gasteiger partial charge in [-0.15, -0.1) is 0 Å². The Kier molecular flexibility index (Phi) is 6.41. The second-order valence-electron chi connectivity index (χ2n) is 4.91. The number of amides is 1. The lowest BCUT2D eigenvalue weighted by Crippen LogP contribution is -2.34. The molecule has 9 nitrogen and oxygen atoms in total. The van der Waals surface area contributed by atoms with Crippen LogP contribution in [0.15, 0.2) is 37.3 Å². The van der Waals surface area contributed by atoms with Gasteiger partial charge in [0.25, 0.3) is 5.56 Å². The Morgan fingerprint density at radius 3 is 2.85 bits per heavy atom. The van der Waals surface area contributed by atoms with Gasteiger partial charge < -0.3 is 5.11 Å². The fourth-order valence-electron chi connectivity index (χ4n) is 2.18. The fraction of sp³-hybridized carbons (Fsp3) is 0.133. The molecule has 0 bridgehead atoms. The lowest BCUT2D eigenvalue weighted by atomic mass is 10.1. The first-order valence-corrected chi connectivity index (χ1v) is 8.49. The first-order valence-electron chi connectivity index (χ1n) is 7.29. The van der Waals surface area contributed by atoms with Crippen molar-refractivity contribution in [3.8, 4) is 11.6 Å². The van der Waals surface area contributed by atoms with Crippen LogP contribution in [0.2, 0.25) is 0 Å². The number of H-pyrrole nitrogens is 1. The molecule has 2 aromatic rings. The van der Waals surface area contributed by atoms with Crippen LogP contribution in [0.1, 0.15) is 18.1 Å². The maximum atomic E-state index is 12.3. The topological polar surface area (TPSA) is 129 Å². The number of benzene rings is 1. The largest absolute Gasteiger partial charge is 0.493 e. The van der Waals surface area contributed by atoms with Crippen molar-refractivity contribution < 1.29 is 9.90 Å². The molecule has 2 rings (SSSR count). The highest BCUT2D eigenvalue weighted by Crippen LogP contribution is 2.23. The molecule has 0 radical (unpaired) electrons. The molecule has 0 unspecified atom stereocenters. The summed E-state index contributed by atoms with van der Waals surface area (Å²) in [6.07, 6.45) is 1.94. The third kappa shape index (κ3) is 4.24. The number of carbonyl (C=O) groups is 1. The molecular weight excluding hydrogens is 426 g/mol. The number of aliphatic imine (C=N–C) groups is 1. The molecule has 1 aromatic heterocycles. The minimum Gasteiger partial charge on any atom is -0.493 e. The number of aromatic amines is 1. The monoisotopic (exact) mass is 439 g/mol.